The van der Waals surface area contributed by atoms with Gasteiger partial charge in [-0.1, -0.05) is 29.8 Å². The summed E-state index contributed by atoms with van der Waals surface area (Å²) in [5.41, 5.74) is 1.14. The molecule has 0 aliphatic carbocycles. The maximum atomic E-state index is 11.3. The third-order valence-electron chi connectivity index (χ3n) is 2.94. The molecular weight excluding hydrogens is 280 g/mol. The number of aromatic carboxylic acids is 1. The van der Waals surface area contributed by atoms with Crippen LogP contribution in [0.3, 0.4) is 0 Å². The number of carboxylic acids is 1. The van der Waals surface area contributed by atoms with Gasteiger partial charge >= 0.3 is 5.97 Å². The fourth-order valence-corrected chi connectivity index (χ4v) is 2.33. The highest BCUT2D eigenvalue weighted by atomic mass is 35.5. The first-order valence-electron chi connectivity index (χ1n) is 5.77. The first kappa shape index (κ1) is 12.5. The van der Waals surface area contributed by atoms with Crippen LogP contribution in [0.25, 0.3) is 16.9 Å². The number of imidazole rings is 1. The summed E-state index contributed by atoms with van der Waals surface area (Å²) in [5.74, 6) is -0.631. The van der Waals surface area contributed by atoms with Crippen LogP contribution in [0.5, 0.6) is 5.75 Å². The molecule has 0 atom stereocenters. The topological polar surface area (TPSA) is 74.8 Å². The number of pyridine rings is 1. The third kappa shape index (κ3) is 1.88. The van der Waals surface area contributed by atoms with E-state index in [1.54, 1.807) is 24.3 Å². The molecule has 2 N–H and O–H groups in total. The molecule has 0 saturated carbocycles. The molecule has 0 aliphatic heterocycles. The number of benzene rings is 1. The molecule has 0 bridgehead atoms. The maximum absolute atomic E-state index is 11.3. The molecular formula is C14H9ClN2O3. The van der Waals surface area contributed by atoms with Crippen LogP contribution in [0, 0.1) is 0 Å². The third-order valence-corrected chi connectivity index (χ3v) is 3.22. The Bertz CT molecular complexity index is 826. The van der Waals surface area contributed by atoms with Gasteiger partial charge in [-0.05, 0) is 24.3 Å². The number of rotatable bonds is 2. The highest BCUT2D eigenvalue weighted by Crippen LogP contribution is 2.28. The van der Waals surface area contributed by atoms with E-state index in [0.717, 1.165) is 0 Å². The molecule has 0 aliphatic rings. The number of nitrogens with zero attached hydrogens (tertiary/aromatic N) is 2. The van der Waals surface area contributed by atoms with Crippen molar-refractivity contribution in [2.75, 3.05) is 0 Å². The maximum Gasteiger partial charge on any atom is 0.352 e. The monoisotopic (exact) mass is 288 g/mol. The molecule has 0 unspecified atom stereocenters. The Labute approximate surface area is 118 Å². The van der Waals surface area contributed by atoms with Gasteiger partial charge in [-0.3, -0.25) is 4.40 Å². The molecule has 0 radical (unpaired) electrons. The van der Waals surface area contributed by atoms with Crippen LogP contribution >= 0.6 is 11.6 Å². The Morgan fingerprint density at radius 3 is 2.65 bits per heavy atom. The van der Waals surface area contributed by atoms with Crippen molar-refractivity contribution < 1.29 is 15.0 Å². The Balaban J connectivity index is 2.39. The fraction of sp³-hybridized carbons (Fsp3) is 0. The second kappa shape index (κ2) is 4.54. The first-order valence-corrected chi connectivity index (χ1v) is 6.15. The zero-order chi connectivity index (χ0) is 14.3. The lowest BCUT2D eigenvalue weighted by Gasteiger charge is -2.05. The summed E-state index contributed by atoms with van der Waals surface area (Å²) < 4.78 is 1.46. The molecule has 20 heavy (non-hydrogen) atoms. The van der Waals surface area contributed by atoms with Crippen molar-refractivity contribution in [3.8, 4) is 17.1 Å². The summed E-state index contributed by atoms with van der Waals surface area (Å²) in [6.07, 6.45) is 0. The predicted octanol–water partition coefficient (Wildman–Crippen LogP) is 3.06. The lowest BCUT2D eigenvalue weighted by molar-refractivity contribution is 0.0689. The van der Waals surface area contributed by atoms with Crippen LogP contribution in [0.1, 0.15) is 10.5 Å². The minimum atomic E-state index is -1.08. The number of fused-ring (bicyclic) bond motifs is 1. The number of phenols is 1. The Morgan fingerprint density at radius 2 is 1.95 bits per heavy atom. The van der Waals surface area contributed by atoms with Crippen LogP contribution in [-0.2, 0) is 0 Å². The summed E-state index contributed by atoms with van der Waals surface area (Å²) >= 11 is 6.06. The Kier molecular flexibility index (Phi) is 2.84. The van der Waals surface area contributed by atoms with Crippen molar-refractivity contribution in [1.82, 2.24) is 9.38 Å². The summed E-state index contributed by atoms with van der Waals surface area (Å²) in [4.78, 5) is 15.5. The van der Waals surface area contributed by atoms with E-state index in [9.17, 15) is 15.0 Å². The van der Waals surface area contributed by atoms with Crippen molar-refractivity contribution in [2.45, 2.75) is 0 Å². The van der Waals surface area contributed by atoms with Crippen molar-refractivity contribution >= 4 is 23.1 Å². The number of carbonyl (C=O) groups is 1. The molecule has 0 fully saturated rings. The summed E-state index contributed by atoms with van der Waals surface area (Å²) in [6, 6.07) is 11.2. The van der Waals surface area contributed by atoms with E-state index in [2.05, 4.69) is 4.98 Å². The number of aromatic hydroxyl groups is 1. The lowest BCUT2D eigenvalue weighted by atomic mass is 10.2. The highest BCUT2D eigenvalue weighted by Gasteiger charge is 2.17. The number of carboxylic acid groups (broad SMARTS) is 1. The van der Waals surface area contributed by atoms with E-state index >= 15 is 0 Å². The van der Waals surface area contributed by atoms with Gasteiger partial charge in [0.15, 0.2) is 5.15 Å². The van der Waals surface area contributed by atoms with Crippen LogP contribution in [0.2, 0.25) is 5.15 Å². The van der Waals surface area contributed by atoms with Gasteiger partial charge in [0.05, 0.1) is 5.52 Å². The number of hydrogen-bond donors (Lipinski definition) is 2. The Morgan fingerprint density at radius 1 is 1.20 bits per heavy atom. The number of aromatic nitrogens is 2. The largest absolute Gasteiger partial charge is 0.508 e. The van der Waals surface area contributed by atoms with Gasteiger partial charge in [-0.2, -0.15) is 0 Å². The van der Waals surface area contributed by atoms with Gasteiger partial charge in [0.25, 0.3) is 0 Å². The predicted molar refractivity (Wildman–Crippen MR) is 74.3 cm³/mol. The van der Waals surface area contributed by atoms with E-state index in [-0.39, 0.29) is 16.6 Å². The van der Waals surface area contributed by atoms with E-state index in [0.29, 0.717) is 16.9 Å². The van der Waals surface area contributed by atoms with Gasteiger partial charge in [-0.25, -0.2) is 9.78 Å². The molecule has 100 valence electrons. The van der Waals surface area contributed by atoms with Crippen LogP contribution in [0.4, 0.5) is 0 Å². The average Bonchev–Trinajstić information content (AvgIpc) is 2.76. The Hall–Kier alpha value is -2.53. The van der Waals surface area contributed by atoms with Gasteiger partial charge in [0.1, 0.15) is 17.3 Å². The molecule has 2 heterocycles. The number of hydrogen-bond acceptors (Lipinski definition) is 3. The van der Waals surface area contributed by atoms with E-state index in [1.165, 1.54) is 22.6 Å². The van der Waals surface area contributed by atoms with Crippen LogP contribution in [-0.4, -0.2) is 25.6 Å². The van der Waals surface area contributed by atoms with Crippen LogP contribution < -0.4 is 0 Å². The summed E-state index contributed by atoms with van der Waals surface area (Å²) in [7, 11) is 0. The SMILES string of the molecule is O=C(O)c1cccc2c(Cl)nc(-c3cccc(O)c3)n12. The molecule has 3 rings (SSSR count). The van der Waals surface area contributed by atoms with Crippen LogP contribution in [0.15, 0.2) is 42.5 Å². The molecule has 0 spiro atoms. The zero-order valence-electron chi connectivity index (χ0n) is 10.1. The molecule has 3 aromatic rings. The van der Waals surface area contributed by atoms with E-state index in [4.69, 9.17) is 11.6 Å². The minimum Gasteiger partial charge on any atom is -0.508 e. The van der Waals surface area contributed by atoms with Gasteiger partial charge in [0, 0.05) is 5.56 Å². The van der Waals surface area contributed by atoms with E-state index in [1.807, 2.05) is 0 Å². The second-order valence-corrected chi connectivity index (χ2v) is 4.57. The quantitative estimate of drug-likeness (QED) is 0.760. The zero-order valence-corrected chi connectivity index (χ0v) is 10.9. The van der Waals surface area contributed by atoms with Gasteiger partial charge < -0.3 is 10.2 Å². The molecule has 0 saturated heterocycles. The molecule has 0 amide bonds. The van der Waals surface area contributed by atoms with Crippen molar-refractivity contribution in [3.63, 3.8) is 0 Å². The van der Waals surface area contributed by atoms with Gasteiger partial charge in [-0.15, -0.1) is 0 Å². The highest BCUT2D eigenvalue weighted by molar-refractivity contribution is 6.33. The first-order chi connectivity index (χ1) is 9.58. The molecule has 1 aromatic carbocycles. The summed E-state index contributed by atoms with van der Waals surface area (Å²) in [6.45, 7) is 0. The van der Waals surface area contributed by atoms with Crippen molar-refractivity contribution in [2.24, 2.45) is 0 Å². The summed E-state index contributed by atoms with van der Waals surface area (Å²) in [5, 5.41) is 19.0. The normalized spacial score (nSPS) is 10.8. The molecule has 5 nitrogen and oxygen atoms in total. The standard InChI is InChI=1S/C14H9ClN2O3/c15-12-10-5-2-6-11(14(19)20)17(10)13(16-12)8-3-1-4-9(18)7-8/h1-7,18H,(H,19,20). The minimum absolute atomic E-state index is 0.0558. The second-order valence-electron chi connectivity index (χ2n) is 4.21. The number of phenolic OH excluding ortho intramolecular Hbond substituents is 1. The number of halogens is 1. The molecule has 6 heteroatoms. The average molecular weight is 289 g/mol. The van der Waals surface area contributed by atoms with Gasteiger partial charge in [0.2, 0.25) is 0 Å². The van der Waals surface area contributed by atoms with E-state index < -0.39 is 5.97 Å². The molecule has 2 aromatic heterocycles. The fourth-order valence-electron chi connectivity index (χ4n) is 2.10. The lowest BCUT2D eigenvalue weighted by Crippen LogP contribution is -2.05. The van der Waals surface area contributed by atoms with Crippen molar-refractivity contribution in [1.29, 1.82) is 0 Å². The smallest absolute Gasteiger partial charge is 0.352 e. The van der Waals surface area contributed by atoms with Crippen molar-refractivity contribution in [3.05, 3.63) is 53.3 Å².